The number of benzene rings is 1. The third-order valence-corrected chi connectivity index (χ3v) is 5.02. The number of halogens is 3. The summed E-state index contributed by atoms with van der Waals surface area (Å²) in [4.78, 5) is 18.4. The van der Waals surface area contributed by atoms with Crippen molar-refractivity contribution < 1.29 is 27.8 Å². The first-order valence-electron chi connectivity index (χ1n) is 10.2. The molecule has 1 N–H and O–H groups in total. The predicted molar refractivity (Wildman–Crippen MR) is 112 cm³/mol. The van der Waals surface area contributed by atoms with Gasteiger partial charge in [0.25, 0.3) is 0 Å². The van der Waals surface area contributed by atoms with Crippen molar-refractivity contribution in [2.24, 2.45) is 0 Å². The summed E-state index contributed by atoms with van der Waals surface area (Å²) < 4.78 is 46.2. The second-order valence-electron chi connectivity index (χ2n) is 7.41. The molecule has 2 heterocycles. The molecule has 0 aliphatic rings. The third kappa shape index (κ3) is 6.09. The Bertz CT molecular complexity index is 1050. The number of pyridine rings is 1. The normalized spacial score (nSPS) is 11.5. The molecule has 2 aromatic heterocycles. The summed E-state index contributed by atoms with van der Waals surface area (Å²) in [6.45, 7) is 2.86. The van der Waals surface area contributed by atoms with Crippen LogP contribution in [0.25, 0.3) is 11.4 Å². The van der Waals surface area contributed by atoms with Gasteiger partial charge in [-0.25, -0.2) is 4.98 Å². The number of rotatable bonds is 10. The molecule has 9 heteroatoms. The van der Waals surface area contributed by atoms with Crippen molar-refractivity contribution in [3.05, 3.63) is 65.7 Å². The average Bonchev–Trinajstić information content (AvgIpc) is 3.20. The van der Waals surface area contributed by atoms with Gasteiger partial charge >= 0.3 is 12.1 Å². The van der Waals surface area contributed by atoms with Crippen LogP contribution in [0.2, 0.25) is 0 Å². The van der Waals surface area contributed by atoms with E-state index in [2.05, 4.69) is 9.97 Å². The summed E-state index contributed by atoms with van der Waals surface area (Å²) in [5.74, 6) is 0.425. The lowest BCUT2D eigenvalue weighted by Crippen LogP contribution is -2.09. The van der Waals surface area contributed by atoms with E-state index in [1.807, 2.05) is 29.7 Å². The van der Waals surface area contributed by atoms with E-state index >= 15 is 0 Å². The van der Waals surface area contributed by atoms with Gasteiger partial charge in [0.2, 0.25) is 0 Å². The van der Waals surface area contributed by atoms with Crippen LogP contribution in [0.5, 0.6) is 5.75 Å². The quantitative estimate of drug-likeness (QED) is 0.424. The third-order valence-electron chi connectivity index (χ3n) is 5.02. The molecule has 0 fully saturated rings. The Balaban J connectivity index is 1.72. The standard InChI is InChI=1S/C23H24F3N3O3/c1-16-6-5-7-19(32-13-4-2-3-8-21(30)31)18(16)15-29-12-11-27-22(29)17-9-10-20(28-14-17)23(24,25)26/h5-7,9-12,14H,2-4,8,13,15H2,1H3,(H,30,31). The van der Waals surface area contributed by atoms with Gasteiger partial charge in [-0.2, -0.15) is 13.2 Å². The van der Waals surface area contributed by atoms with E-state index in [1.165, 1.54) is 12.3 Å². The summed E-state index contributed by atoms with van der Waals surface area (Å²) in [6, 6.07) is 8.04. The molecule has 0 amide bonds. The predicted octanol–water partition coefficient (Wildman–Crippen LogP) is 5.34. The van der Waals surface area contributed by atoms with Crippen LogP contribution in [0.4, 0.5) is 13.2 Å². The van der Waals surface area contributed by atoms with E-state index in [0.29, 0.717) is 36.7 Å². The van der Waals surface area contributed by atoms with Gasteiger partial charge in [-0.1, -0.05) is 12.1 Å². The maximum atomic E-state index is 12.8. The highest BCUT2D eigenvalue weighted by Crippen LogP contribution is 2.29. The minimum absolute atomic E-state index is 0.151. The van der Waals surface area contributed by atoms with E-state index in [9.17, 15) is 18.0 Å². The average molecular weight is 447 g/mol. The zero-order valence-electron chi connectivity index (χ0n) is 17.6. The lowest BCUT2D eigenvalue weighted by Gasteiger charge is -2.16. The Kier molecular flexibility index (Phi) is 7.50. The molecule has 6 nitrogen and oxygen atoms in total. The highest BCUT2D eigenvalue weighted by molar-refractivity contribution is 5.66. The Morgan fingerprint density at radius 2 is 1.94 bits per heavy atom. The molecule has 0 saturated heterocycles. The Hall–Kier alpha value is -3.36. The Labute approximate surface area is 183 Å². The number of nitrogens with zero attached hydrogens (tertiary/aromatic N) is 3. The Morgan fingerprint density at radius 1 is 1.12 bits per heavy atom. The minimum Gasteiger partial charge on any atom is -0.493 e. The first-order chi connectivity index (χ1) is 15.3. The number of imidazole rings is 1. The molecular formula is C23H24F3N3O3. The van der Waals surface area contributed by atoms with E-state index in [0.717, 1.165) is 30.0 Å². The number of carbonyl (C=O) groups is 1. The highest BCUT2D eigenvalue weighted by atomic mass is 19.4. The molecule has 32 heavy (non-hydrogen) atoms. The number of hydrogen-bond donors (Lipinski definition) is 1. The molecular weight excluding hydrogens is 423 g/mol. The fourth-order valence-electron chi connectivity index (χ4n) is 3.31. The molecule has 0 radical (unpaired) electrons. The summed E-state index contributed by atoms with van der Waals surface area (Å²) in [6.07, 6.45) is 2.30. The number of ether oxygens (including phenoxy) is 1. The number of aryl methyl sites for hydroxylation is 1. The second-order valence-corrected chi connectivity index (χ2v) is 7.41. The number of aliphatic carboxylic acids is 1. The summed E-state index contributed by atoms with van der Waals surface area (Å²) in [5, 5.41) is 8.70. The van der Waals surface area contributed by atoms with Crippen molar-refractivity contribution in [1.82, 2.24) is 14.5 Å². The fourth-order valence-corrected chi connectivity index (χ4v) is 3.31. The number of carboxylic acids is 1. The molecule has 3 aromatic rings. The van der Waals surface area contributed by atoms with Gasteiger partial charge in [-0.3, -0.25) is 9.78 Å². The van der Waals surface area contributed by atoms with Crippen LogP contribution >= 0.6 is 0 Å². The summed E-state index contributed by atoms with van der Waals surface area (Å²) >= 11 is 0. The van der Waals surface area contributed by atoms with Crippen LogP contribution in [0, 0.1) is 6.92 Å². The van der Waals surface area contributed by atoms with Crippen molar-refractivity contribution in [2.45, 2.75) is 45.3 Å². The van der Waals surface area contributed by atoms with Crippen molar-refractivity contribution in [2.75, 3.05) is 6.61 Å². The van der Waals surface area contributed by atoms with E-state index in [4.69, 9.17) is 9.84 Å². The fraction of sp³-hybridized carbons (Fsp3) is 0.348. The smallest absolute Gasteiger partial charge is 0.433 e. The van der Waals surface area contributed by atoms with Gasteiger partial charge in [0, 0.05) is 36.1 Å². The summed E-state index contributed by atoms with van der Waals surface area (Å²) in [5.41, 5.74) is 1.49. The van der Waals surface area contributed by atoms with Gasteiger partial charge in [0.05, 0.1) is 13.2 Å². The molecule has 0 aliphatic heterocycles. The van der Waals surface area contributed by atoms with Crippen molar-refractivity contribution in [3.63, 3.8) is 0 Å². The largest absolute Gasteiger partial charge is 0.493 e. The van der Waals surface area contributed by atoms with E-state index in [1.54, 1.807) is 12.4 Å². The van der Waals surface area contributed by atoms with Crippen LogP contribution < -0.4 is 4.74 Å². The van der Waals surface area contributed by atoms with Gasteiger partial charge in [-0.05, 0) is 49.9 Å². The maximum absolute atomic E-state index is 12.8. The second kappa shape index (κ2) is 10.3. The van der Waals surface area contributed by atoms with Crippen LogP contribution in [0.1, 0.15) is 42.5 Å². The lowest BCUT2D eigenvalue weighted by atomic mass is 10.1. The van der Waals surface area contributed by atoms with Gasteiger partial charge in [-0.15, -0.1) is 0 Å². The molecule has 0 bridgehead atoms. The SMILES string of the molecule is Cc1cccc(OCCCCCC(=O)O)c1Cn1ccnc1-c1ccc(C(F)(F)F)nc1. The minimum atomic E-state index is -4.49. The first-order valence-corrected chi connectivity index (χ1v) is 10.2. The zero-order chi connectivity index (χ0) is 23.1. The van der Waals surface area contributed by atoms with E-state index in [-0.39, 0.29) is 6.42 Å². The molecule has 0 atom stereocenters. The number of carboxylic acid groups (broad SMARTS) is 1. The first kappa shape index (κ1) is 23.3. The molecule has 0 aliphatic carbocycles. The monoisotopic (exact) mass is 447 g/mol. The zero-order valence-corrected chi connectivity index (χ0v) is 17.6. The lowest BCUT2D eigenvalue weighted by molar-refractivity contribution is -0.141. The van der Waals surface area contributed by atoms with Crippen LogP contribution in [-0.4, -0.2) is 32.2 Å². The van der Waals surface area contributed by atoms with Crippen molar-refractivity contribution in [1.29, 1.82) is 0 Å². The molecule has 0 unspecified atom stereocenters. The van der Waals surface area contributed by atoms with Crippen molar-refractivity contribution in [3.8, 4) is 17.1 Å². The van der Waals surface area contributed by atoms with E-state index < -0.39 is 17.8 Å². The van der Waals surface area contributed by atoms with Gasteiger partial charge < -0.3 is 14.4 Å². The van der Waals surface area contributed by atoms with Gasteiger partial charge in [0.1, 0.15) is 17.3 Å². The highest BCUT2D eigenvalue weighted by Gasteiger charge is 2.32. The number of hydrogen-bond acceptors (Lipinski definition) is 4. The van der Waals surface area contributed by atoms with Gasteiger partial charge in [0.15, 0.2) is 0 Å². The number of aromatic nitrogens is 3. The van der Waals surface area contributed by atoms with Crippen LogP contribution in [-0.2, 0) is 17.5 Å². The number of alkyl halides is 3. The van der Waals surface area contributed by atoms with Crippen LogP contribution in [0.15, 0.2) is 48.9 Å². The van der Waals surface area contributed by atoms with Crippen molar-refractivity contribution >= 4 is 5.97 Å². The van der Waals surface area contributed by atoms with Crippen LogP contribution in [0.3, 0.4) is 0 Å². The molecule has 0 saturated carbocycles. The molecule has 170 valence electrons. The molecule has 0 spiro atoms. The topological polar surface area (TPSA) is 77.2 Å². The maximum Gasteiger partial charge on any atom is 0.433 e. The Morgan fingerprint density at radius 3 is 2.62 bits per heavy atom. The molecule has 1 aromatic carbocycles. The number of unbranched alkanes of at least 4 members (excludes halogenated alkanes) is 2. The molecule has 3 rings (SSSR count). The summed E-state index contributed by atoms with van der Waals surface area (Å²) in [7, 11) is 0.